The van der Waals surface area contributed by atoms with Crippen LogP contribution in [-0.4, -0.2) is 17.1 Å². The molecule has 1 aromatic heterocycles. The van der Waals surface area contributed by atoms with E-state index < -0.39 is 0 Å². The van der Waals surface area contributed by atoms with Crippen molar-refractivity contribution in [3.05, 3.63) is 64.1 Å². The third kappa shape index (κ3) is 3.04. The summed E-state index contributed by atoms with van der Waals surface area (Å²) in [6, 6.07) is 14.1. The van der Waals surface area contributed by atoms with Crippen LogP contribution in [0.4, 0.5) is 0 Å². The third-order valence-electron chi connectivity index (χ3n) is 3.81. The number of H-pyrrole nitrogens is 2. The van der Waals surface area contributed by atoms with Crippen LogP contribution in [0.1, 0.15) is 24.1 Å². The number of fused-ring (bicyclic) bond motifs is 1. The average Bonchev–Trinajstić information content (AvgIpc) is 2.92. The Bertz CT molecular complexity index is 818. The number of imidazole rings is 1. The normalized spacial score (nSPS) is 12.5. The largest absolute Gasteiger partial charge is 0.497 e. The Kier molecular flexibility index (Phi) is 3.98. The Hall–Kier alpha value is -2.53. The highest BCUT2D eigenvalue weighted by Gasteiger charge is 2.07. The summed E-state index contributed by atoms with van der Waals surface area (Å²) in [5.41, 5.74) is 3.82. The number of aromatic nitrogens is 2. The molecule has 0 radical (unpaired) electrons. The molecule has 3 aromatic rings. The number of rotatable bonds is 5. The van der Waals surface area contributed by atoms with Gasteiger partial charge in [0.25, 0.3) is 0 Å². The van der Waals surface area contributed by atoms with Gasteiger partial charge in [-0.2, -0.15) is 0 Å². The van der Waals surface area contributed by atoms with Gasteiger partial charge < -0.3 is 20.0 Å². The maximum Gasteiger partial charge on any atom is 0.323 e. The van der Waals surface area contributed by atoms with Crippen molar-refractivity contribution < 1.29 is 4.74 Å². The van der Waals surface area contributed by atoms with Gasteiger partial charge in [0.05, 0.1) is 18.1 Å². The van der Waals surface area contributed by atoms with Gasteiger partial charge in [0.15, 0.2) is 0 Å². The molecule has 0 saturated carbocycles. The van der Waals surface area contributed by atoms with Crippen molar-refractivity contribution in [3.8, 4) is 5.75 Å². The van der Waals surface area contributed by atoms with Crippen LogP contribution in [0.3, 0.4) is 0 Å². The Balaban J connectivity index is 1.69. The minimum Gasteiger partial charge on any atom is -0.497 e. The first kappa shape index (κ1) is 14.4. The summed E-state index contributed by atoms with van der Waals surface area (Å²) in [7, 11) is 1.66. The van der Waals surface area contributed by atoms with Crippen LogP contribution in [0.15, 0.2) is 47.3 Å². The second-order valence-electron chi connectivity index (χ2n) is 5.33. The van der Waals surface area contributed by atoms with Gasteiger partial charge in [-0.25, -0.2) is 4.79 Å². The molecule has 3 rings (SSSR count). The van der Waals surface area contributed by atoms with Crippen LogP contribution in [0.25, 0.3) is 11.0 Å². The topological polar surface area (TPSA) is 69.9 Å². The van der Waals surface area contributed by atoms with Gasteiger partial charge in [0.2, 0.25) is 0 Å². The van der Waals surface area contributed by atoms with E-state index in [0.29, 0.717) is 0 Å². The summed E-state index contributed by atoms with van der Waals surface area (Å²) in [5.74, 6) is 0.860. The SMILES string of the molecule is COc1ccc(CN[C@H](C)c2ccc3[nH]c(=O)[nH]c3c2)cc1. The number of nitrogens with one attached hydrogen (secondary N) is 3. The number of hydrogen-bond donors (Lipinski definition) is 3. The molecule has 5 nitrogen and oxygen atoms in total. The molecule has 0 unspecified atom stereocenters. The molecular weight excluding hydrogens is 278 g/mol. The third-order valence-corrected chi connectivity index (χ3v) is 3.81. The molecule has 22 heavy (non-hydrogen) atoms. The fourth-order valence-electron chi connectivity index (χ4n) is 2.45. The summed E-state index contributed by atoms with van der Waals surface area (Å²) >= 11 is 0. The second-order valence-corrected chi connectivity index (χ2v) is 5.33. The monoisotopic (exact) mass is 297 g/mol. The standard InChI is InChI=1S/C17H19N3O2/c1-11(18-10-12-3-6-14(22-2)7-4-12)13-5-8-15-16(9-13)20-17(21)19-15/h3-9,11,18H,10H2,1-2H3,(H2,19,20,21)/t11-/m1/s1. The summed E-state index contributed by atoms with van der Waals surface area (Å²) < 4.78 is 5.15. The molecule has 0 aliphatic rings. The van der Waals surface area contributed by atoms with Crippen LogP contribution >= 0.6 is 0 Å². The van der Waals surface area contributed by atoms with Crippen molar-refractivity contribution in [2.45, 2.75) is 19.5 Å². The van der Waals surface area contributed by atoms with E-state index in [0.717, 1.165) is 28.9 Å². The molecule has 0 amide bonds. The van der Waals surface area contributed by atoms with Gasteiger partial charge in [0.1, 0.15) is 5.75 Å². The molecule has 0 saturated heterocycles. The van der Waals surface area contributed by atoms with E-state index in [1.807, 2.05) is 42.5 Å². The fourth-order valence-corrected chi connectivity index (χ4v) is 2.45. The van der Waals surface area contributed by atoms with Crippen molar-refractivity contribution in [2.75, 3.05) is 7.11 Å². The van der Waals surface area contributed by atoms with Crippen LogP contribution in [0.5, 0.6) is 5.75 Å². The molecule has 0 aliphatic carbocycles. The van der Waals surface area contributed by atoms with Crippen molar-refractivity contribution in [3.63, 3.8) is 0 Å². The highest BCUT2D eigenvalue weighted by Crippen LogP contribution is 2.18. The molecule has 1 atom stereocenters. The Labute approximate surface area is 128 Å². The molecular formula is C17H19N3O2. The number of ether oxygens (including phenoxy) is 1. The van der Waals surface area contributed by atoms with Gasteiger partial charge in [-0.1, -0.05) is 18.2 Å². The number of hydrogen-bond acceptors (Lipinski definition) is 3. The van der Waals surface area contributed by atoms with Gasteiger partial charge in [-0.3, -0.25) is 0 Å². The van der Waals surface area contributed by atoms with Crippen LogP contribution in [0, 0.1) is 0 Å². The summed E-state index contributed by atoms with van der Waals surface area (Å²) in [4.78, 5) is 16.8. The summed E-state index contributed by atoms with van der Waals surface area (Å²) in [6.45, 7) is 2.88. The zero-order valence-electron chi connectivity index (χ0n) is 12.6. The lowest BCUT2D eigenvalue weighted by Gasteiger charge is -2.14. The average molecular weight is 297 g/mol. The predicted octanol–water partition coefficient (Wildman–Crippen LogP) is 2.72. The van der Waals surface area contributed by atoms with E-state index in [1.165, 1.54) is 5.56 Å². The first-order valence-corrected chi connectivity index (χ1v) is 7.24. The van der Waals surface area contributed by atoms with Crippen molar-refractivity contribution in [1.29, 1.82) is 0 Å². The van der Waals surface area contributed by atoms with Crippen molar-refractivity contribution >= 4 is 11.0 Å². The second kappa shape index (κ2) is 6.07. The summed E-state index contributed by atoms with van der Waals surface area (Å²) in [5, 5.41) is 3.48. The number of methoxy groups -OCH3 is 1. The van der Waals surface area contributed by atoms with Crippen LogP contribution in [-0.2, 0) is 6.54 Å². The zero-order valence-corrected chi connectivity index (χ0v) is 12.6. The highest BCUT2D eigenvalue weighted by atomic mass is 16.5. The lowest BCUT2D eigenvalue weighted by atomic mass is 10.1. The highest BCUT2D eigenvalue weighted by molar-refractivity contribution is 5.75. The molecule has 0 aliphatic heterocycles. The van der Waals surface area contributed by atoms with Crippen molar-refractivity contribution in [2.24, 2.45) is 0 Å². The maximum atomic E-state index is 11.3. The Morgan fingerprint density at radius 1 is 1.09 bits per heavy atom. The maximum absolute atomic E-state index is 11.3. The van der Waals surface area contributed by atoms with Gasteiger partial charge in [-0.05, 0) is 42.3 Å². The molecule has 2 aromatic carbocycles. The number of aromatic amines is 2. The first-order valence-electron chi connectivity index (χ1n) is 7.24. The van der Waals surface area contributed by atoms with E-state index in [4.69, 9.17) is 4.74 Å². The number of benzene rings is 2. The lowest BCUT2D eigenvalue weighted by Crippen LogP contribution is -2.18. The predicted molar refractivity (Wildman–Crippen MR) is 87.2 cm³/mol. The Morgan fingerprint density at radius 2 is 1.82 bits per heavy atom. The molecule has 0 fully saturated rings. The van der Waals surface area contributed by atoms with E-state index in [2.05, 4.69) is 22.2 Å². The molecule has 0 bridgehead atoms. The van der Waals surface area contributed by atoms with E-state index >= 15 is 0 Å². The minimum atomic E-state index is -0.175. The van der Waals surface area contributed by atoms with Crippen LogP contribution in [0.2, 0.25) is 0 Å². The quantitative estimate of drug-likeness (QED) is 0.678. The van der Waals surface area contributed by atoms with E-state index in [-0.39, 0.29) is 11.7 Å². The summed E-state index contributed by atoms with van der Waals surface area (Å²) in [6.07, 6.45) is 0. The molecule has 5 heteroatoms. The molecule has 0 spiro atoms. The Morgan fingerprint density at radius 3 is 2.55 bits per heavy atom. The molecule has 3 N–H and O–H groups in total. The van der Waals surface area contributed by atoms with Crippen LogP contribution < -0.4 is 15.7 Å². The minimum absolute atomic E-state index is 0.175. The first-order chi connectivity index (χ1) is 10.7. The lowest BCUT2D eigenvalue weighted by molar-refractivity contribution is 0.414. The van der Waals surface area contributed by atoms with Gasteiger partial charge in [0, 0.05) is 12.6 Å². The fraction of sp³-hybridized carbons (Fsp3) is 0.235. The zero-order chi connectivity index (χ0) is 15.5. The van der Waals surface area contributed by atoms with E-state index in [9.17, 15) is 4.79 Å². The molecule has 1 heterocycles. The smallest absolute Gasteiger partial charge is 0.323 e. The van der Waals surface area contributed by atoms with Crippen molar-refractivity contribution in [1.82, 2.24) is 15.3 Å². The van der Waals surface area contributed by atoms with Gasteiger partial charge in [-0.15, -0.1) is 0 Å². The van der Waals surface area contributed by atoms with Gasteiger partial charge >= 0.3 is 5.69 Å². The van der Waals surface area contributed by atoms with E-state index in [1.54, 1.807) is 7.11 Å². The molecule has 114 valence electrons.